The number of carbonyl (C=O) groups excluding carboxylic acids is 1. The van der Waals surface area contributed by atoms with Gasteiger partial charge < -0.3 is 10.1 Å². The van der Waals surface area contributed by atoms with E-state index in [1.54, 1.807) is 13.3 Å². The van der Waals surface area contributed by atoms with E-state index in [0.717, 1.165) is 26.9 Å². The van der Waals surface area contributed by atoms with E-state index in [2.05, 4.69) is 31.8 Å². The Hall–Kier alpha value is -2.34. The fraction of sp³-hybridized carbons (Fsp3) is 0.176. The third kappa shape index (κ3) is 4.82. The van der Waals surface area contributed by atoms with E-state index in [9.17, 15) is 4.79 Å². The summed E-state index contributed by atoms with van der Waals surface area (Å²) >= 11 is 3.42. The van der Waals surface area contributed by atoms with Gasteiger partial charge in [0.05, 0.1) is 13.3 Å². The summed E-state index contributed by atoms with van der Waals surface area (Å²) in [6.07, 6.45) is 1.58. The highest BCUT2D eigenvalue weighted by molar-refractivity contribution is 9.10. The van der Waals surface area contributed by atoms with E-state index in [-0.39, 0.29) is 0 Å². The van der Waals surface area contributed by atoms with Gasteiger partial charge in [0.25, 0.3) is 0 Å². The van der Waals surface area contributed by atoms with Crippen LogP contribution in [-0.2, 0) is 0 Å². The minimum absolute atomic E-state index is 0.395. The van der Waals surface area contributed by atoms with Gasteiger partial charge >= 0.3 is 6.03 Å². The Balaban J connectivity index is 1.93. The molecule has 0 fully saturated rings. The molecule has 0 saturated carbocycles. The Morgan fingerprint density at radius 3 is 2.61 bits per heavy atom. The fourth-order valence-electron chi connectivity index (χ4n) is 2.03. The van der Waals surface area contributed by atoms with Crippen LogP contribution in [0, 0.1) is 13.8 Å². The van der Waals surface area contributed by atoms with Crippen LogP contribution in [-0.4, -0.2) is 19.4 Å². The molecular weight excluding hydrogens is 358 g/mol. The third-order valence-electron chi connectivity index (χ3n) is 3.21. The molecule has 6 heteroatoms. The summed E-state index contributed by atoms with van der Waals surface area (Å²) in [5.74, 6) is 0.818. The van der Waals surface area contributed by atoms with E-state index < -0.39 is 6.03 Å². The molecule has 0 radical (unpaired) electrons. The second kappa shape index (κ2) is 7.78. The Morgan fingerprint density at radius 2 is 1.96 bits per heavy atom. The lowest BCUT2D eigenvalue weighted by Crippen LogP contribution is -2.24. The number of rotatable bonds is 4. The first-order chi connectivity index (χ1) is 11.0. The molecule has 0 heterocycles. The number of hydrogen-bond acceptors (Lipinski definition) is 3. The topological polar surface area (TPSA) is 62.7 Å². The van der Waals surface area contributed by atoms with E-state index in [0.29, 0.717) is 5.69 Å². The summed E-state index contributed by atoms with van der Waals surface area (Å²) in [5, 5.41) is 6.66. The van der Waals surface area contributed by atoms with Crippen LogP contribution in [0.4, 0.5) is 10.5 Å². The van der Waals surface area contributed by atoms with Crippen LogP contribution in [0.5, 0.6) is 5.75 Å². The van der Waals surface area contributed by atoms with Crippen molar-refractivity contribution >= 4 is 33.9 Å². The third-order valence-corrected chi connectivity index (χ3v) is 4.10. The van der Waals surface area contributed by atoms with Gasteiger partial charge in [0.2, 0.25) is 0 Å². The summed E-state index contributed by atoms with van der Waals surface area (Å²) in [4.78, 5) is 11.8. The molecule has 0 aromatic heterocycles. The molecule has 5 nitrogen and oxygen atoms in total. The van der Waals surface area contributed by atoms with Gasteiger partial charge in [-0.1, -0.05) is 15.9 Å². The number of benzene rings is 2. The van der Waals surface area contributed by atoms with Crippen molar-refractivity contribution in [2.24, 2.45) is 5.10 Å². The number of nitrogens with one attached hydrogen (secondary N) is 2. The van der Waals surface area contributed by atoms with Gasteiger partial charge in [0.15, 0.2) is 0 Å². The van der Waals surface area contributed by atoms with Crippen molar-refractivity contribution < 1.29 is 9.53 Å². The predicted molar refractivity (Wildman–Crippen MR) is 96.4 cm³/mol. The lowest BCUT2D eigenvalue weighted by Gasteiger charge is -2.06. The SMILES string of the molecule is COc1ccc(/C=N/NC(=O)Nc2ccc(Br)c(C)c2)cc1C. The van der Waals surface area contributed by atoms with Crippen LogP contribution in [0.25, 0.3) is 0 Å². The van der Waals surface area contributed by atoms with Crippen LogP contribution in [0.3, 0.4) is 0 Å². The molecule has 0 saturated heterocycles. The highest BCUT2D eigenvalue weighted by Gasteiger charge is 2.02. The average Bonchev–Trinajstić information content (AvgIpc) is 2.51. The Morgan fingerprint density at radius 1 is 1.17 bits per heavy atom. The van der Waals surface area contributed by atoms with E-state index in [1.807, 2.05) is 50.2 Å². The van der Waals surface area contributed by atoms with Gasteiger partial charge in [-0.2, -0.15) is 5.10 Å². The number of ether oxygens (including phenoxy) is 1. The lowest BCUT2D eigenvalue weighted by atomic mass is 10.1. The largest absolute Gasteiger partial charge is 0.496 e. The van der Waals surface area contributed by atoms with Crippen molar-refractivity contribution in [2.45, 2.75) is 13.8 Å². The molecule has 0 atom stereocenters. The maximum absolute atomic E-state index is 11.8. The zero-order valence-corrected chi connectivity index (χ0v) is 14.8. The van der Waals surface area contributed by atoms with Gasteiger partial charge in [0.1, 0.15) is 5.75 Å². The molecule has 2 amide bonds. The van der Waals surface area contributed by atoms with Crippen LogP contribution >= 0.6 is 15.9 Å². The highest BCUT2D eigenvalue weighted by Crippen LogP contribution is 2.20. The number of hydrazone groups is 1. The van der Waals surface area contributed by atoms with Gasteiger partial charge in [-0.15, -0.1) is 0 Å². The molecule has 0 bridgehead atoms. The molecule has 2 N–H and O–H groups in total. The van der Waals surface area contributed by atoms with Crippen LogP contribution in [0.2, 0.25) is 0 Å². The molecular formula is C17H18BrN3O2. The minimum Gasteiger partial charge on any atom is -0.496 e. The number of methoxy groups -OCH3 is 1. The fourth-order valence-corrected chi connectivity index (χ4v) is 2.28. The van der Waals surface area contributed by atoms with Gasteiger partial charge in [-0.3, -0.25) is 0 Å². The van der Waals surface area contributed by atoms with E-state index in [4.69, 9.17) is 4.74 Å². The van der Waals surface area contributed by atoms with Gasteiger partial charge in [0, 0.05) is 10.2 Å². The molecule has 0 aliphatic carbocycles. The molecule has 120 valence electrons. The normalized spacial score (nSPS) is 10.6. The number of carbonyl (C=O) groups is 1. The minimum atomic E-state index is -0.395. The second-order valence-corrected chi connectivity index (χ2v) is 5.87. The molecule has 0 unspecified atom stereocenters. The molecule has 0 aliphatic rings. The first kappa shape index (κ1) is 17.0. The van der Waals surface area contributed by atoms with Crippen LogP contribution in [0.1, 0.15) is 16.7 Å². The van der Waals surface area contributed by atoms with E-state index in [1.165, 1.54) is 0 Å². The number of aryl methyl sites for hydroxylation is 2. The molecule has 2 rings (SSSR count). The number of urea groups is 1. The van der Waals surface area contributed by atoms with Crippen molar-refractivity contribution in [3.8, 4) is 5.75 Å². The molecule has 0 spiro atoms. The number of nitrogens with zero attached hydrogens (tertiary/aromatic N) is 1. The first-order valence-electron chi connectivity index (χ1n) is 7.00. The standard InChI is InChI=1S/C17H18BrN3O2/c1-11-9-14(5-6-15(11)18)20-17(22)21-19-10-13-4-7-16(23-3)12(2)8-13/h4-10H,1-3H3,(H2,20,21,22)/b19-10+. The van der Waals surface area contributed by atoms with Crippen molar-refractivity contribution in [3.05, 3.63) is 57.6 Å². The maximum atomic E-state index is 11.8. The second-order valence-electron chi connectivity index (χ2n) is 5.02. The molecule has 0 aliphatic heterocycles. The van der Waals surface area contributed by atoms with Crippen molar-refractivity contribution in [2.75, 3.05) is 12.4 Å². The number of halogens is 1. The van der Waals surface area contributed by atoms with Crippen LogP contribution < -0.4 is 15.5 Å². The van der Waals surface area contributed by atoms with Crippen molar-refractivity contribution in [1.29, 1.82) is 0 Å². The summed E-state index contributed by atoms with van der Waals surface area (Å²) in [6, 6.07) is 10.8. The van der Waals surface area contributed by atoms with E-state index >= 15 is 0 Å². The van der Waals surface area contributed by atoms with Gasteiger partial charge in [-0.05, 0) is 66.9 Å². The maximum Gasteiger partial charge on any atom is 0.339 e. The Kier molecular flexibility index (Phi) is 5.76. The zero-order chi connectivity index (χ0) is 16.8. The molecule has 23 heavy (non-hydrogen) atoms. The Labute approximate surface area is 143 Å². The monoisotopic (exact) mass is 375 g/mol. The Bertz CT molecular complexity index is 745. The highest BCUT2D eigenvalue weighted by atomic mass is 79.9. The smallest absolute Gasteiger partial charge is 0.339 e. The van der Waals surface area contributed by atoms with Crippen molar-refractivity contribution in [3.63, 3.8) is 0 Å². The summed E-state index contributed by atoms with van der Waals surface area (Å²) in [5.41, 5.74) is 6.07. The first-order valence-corrected chi connectivity index (χ1v) is 7.80. The van der Waals surface area contributed by atoms with Crippen LogP contribution in [0.15, 0.2) is 46.0 Å². The quantitative estimate of drug-likeness (QED) is 0.620. The number of hydrogen-bond donors (Lipinski definition) is 2. The van der Waals surface area contributed by atoms with Gasteiger partial charge in [-0.25, -0.2) is 10.2 Å². The van der Waals surface area contributed by atoms with Crippen molar-refractivity contribution in [1.82, 2.24) is 5.43 Å². The lowest BCUT2D eigenvalue weighted by molar-refractivity contribution is 0.252. The summed E-state index contributed by atoms with van der Waals surface area (Å²) < 4.78 is 6.20. The summed E-state index contributed by atoms with van der Waals surface area (Å²) in [6.45, 7) is 3.91. The number of amides is 2. The predicted octanol–water partition coefficient (Wildman–Crippen LogP) is 4.23. The molecule has 2 aromatic carbocycles. The average molecular weight is 376 g/mol. The zero-order valence-electron chi connectivity index (χ0n) is 13.2. The number of anilines is 1. The molecule has 2 aromatic rings. The summed E-state index contributed by atoms with van der Waals surface area (Å²) in [7, 11) is 1.63.